The Labute approximate surface area is 82.1 Å². The Bertz CT molecular complexity index is 187. The Morgan fingerprint density at radius 2 is 2.15 bits per heavy atom. The van der Waals surface area contributed by atoms with Gasteiger partial charge in [0.25, 0.3) is 0 Å². The van der Waals surface area contributed by atoms with Gasteiger partial charge in [0.05, 0.1) is 6.04 Å². The number of amides is 1. The highest BCUT2D eigenvalue weighted by Gasteiger charge is 2.13. The van der Waals surface area contributed by atoms with Crippen LogP contribution < -0.4 is 11.1 Å². The zero-order valence-corrected chi connectivity index (χ0v) is 8.09. The maximum absolute atomic E-state index is 11.1. The van der Waals surface area contributed by atoms with Crippen LogP contribution in [0.4, 0.5) is 0 Å². The quantitative estimate of drug-likeness (QED) is 0.429. The lowest BCUT2D eigenvalue weighted by molar-refractivity contribution is -0.137. The first kappa shape index (κ1) is 12.2. The van der Waals surface area contributed by atoms with E-state index in [2.05, 4.69) is 17.9 Å². The standard InChI is InChI=1S/C7H14N2O3S/c8-5(1-2-6(10)11)7(12)9-3-4-13/h5,13H,1-4,8H2,(H,9,12)(H,10,11)/t5-/m0/s1. The van der Waals surface area contributed by atoms with Crippen LogP contribution in [0.15, 0.2) is 0 Å². The van der Waals surface area contributed by atoms with Gasteiger partial charge in [-0.15, -0.1) is 0 Å². The molecule has 0 aliphatic heterocycles. The van der Waals surface area contributed by atoms with Crippen molar-refractivity contribution in [3.63, 3.8) is 0 Å². The Morgan fingerprint density at radius 3 is 2.62 bits per heavy atom. The van der Waals surface area contributed by atoms with E-state index in [1.807, 2.05) is 0 Å². The molecule has 0 unspecified atom stereocenters. The summed E-state index contributed by atoms with van der Waals surface area (Å²) in [5, 5.41) is 10.8. The van der Waals surface area contributed by atoms with Crippen molar-refractivity contribution in [3.05, 3.63) is 0 Å². The molecule has 0 spiro atoms. The molecule has 0 aromatic carbocycles. The molecule has 1 amide bonds. The molecule has 0 saturated carbocycles. The summed E-state index contributed by atoms with van der Waals surface area (Å²) in [6, 6.07) is -0.740. The molecule has 5 nitrogen and oxygen atoms in total. The lowest BCUT2D eigenvalue weighted by Gasteiger charge is -2.09. The van der Waals surface area contributed by atoms with Crippen LogP contribution >= 0.6 is 12.6 Å². The monoisotopic (exact) mass is 206 g/mol. The van der Waals surface area contributed by atoms with Gasteiger partial charge in [0.15, 0.2) is 0 Å². The Morgan fingerprint density at radius 1 is 1.54 bits per heavy atom. The van der Waals surface area contributed by atoms with Crippen LogP contribution in [0.3, 0.4) is 0 Å². The highest BCUT2D eigenvalue weighted by atomic mass is 32.1. The van der Waals surface area contributed by atoms with Gasteiger partial charge >= 0.3 is 5.97 Å². The van der Waals surface area contributed by atoms with Crippen molar-refractivity contribution >= 4 is 24.5 Å². The Hall–Kier alpha value is -0.750. The zero-order chi connectivity index (χ0) is 10.3. The lowest BCUT2D eigenvalue weighted by Crippen LogP contribution is -2.41. The third kappa shape index (κ3) is 6.41. The number of hydrogen-bond donors (Lipinski definition) is 4. The number of nitrogens with two attached hydrogens (primary N) is 1. The molecule has 6 heteroatoms. The third-order valence-corrected chi connectivity index (χ3v) is 1.64. The van der Waals surface area contributed by atoms with Crippen molar-refractivity contribution in [1.29, 1.82) is 0 Å². The van der Waals surface area contributed by atoms with Crippen molar-refractivity contribution in [2.45, 2.75) is 18.9 Å². The van der Waals surface area contributed by atoms with Crippen LogP contribution in [0.1, 0.15) is 12.8 Å². The lowest BCUT2D eigenvalue weighted by atomic mass is 10.1. The van der Waals surface area contributed by atoms with Gasteiger partial charge in [-0.1, -0.05) is 0 Å². The molecule has 0 radical (unpaired) electrons. The van der Waals surface area contributed by atoms with Crippen molar-refractivity contribution in [2.24, 2.45) is 5.73 Å². The van der Waals surface area contributed by atoms with E-state index < -0.39 is 12.0 Å². The van der Waals surface area contributed by atoms with Crippen LogP contribution in [0.5, 0.6) is 0 Å². The van der Waals surface area contributed by atoms with Crippen LogP contribution in [-0.2, 0) is 9.59 Å². The minimum absolute atomic E-state index is 0.0878. The van der Waals surface area contributed by atoms with E-state index in [9.17, 15) is 9.59 Å². The van der Waals surface area contributed by atoms with E-state index in [-0.39, 0.29) is 18.7 Å². The van der Waals surface area contributed by atoms with E-state index in [4.69, 9.17) is 10.8 Å². The van der Waals surface area contributed by atoms with Crippen molar-refractivity contribution < 1.29 is 14.7 Å². The topological polar surface area (TPSA) is 92.4 Å². The summed E-state index contributed by atoms with van der Waals surface area (Å²) in [4.78, 5) is 21.2. The number of hydrogen-bond acceptors (Lipinski definition) is 4. The number of aliphatic carboxylic acids is 1. The molecule has 76 valence electrons. The van der Waals surface area contributed by atoms with Gasteiger partial charge in [0.2, 0.25) is 5.91 Å². The molecule has 0 bridgehead atoms. The summed E-state index contributed by atoms with van der Waals surface area (Å²) in [5.41, 5.74) is 5.41. The predicted molar refractivity (Wildman–Crippen MR) is 51.7 cm³/mol. The summed E-state index contributed by atoms with van der Waals surface area (Å²) in [7, 11) is 0. The highest BCUT2D eigenvalue weighted by Crippen LogP contribution is 1.94. The molecule has 13 heavy (non-hydrogen) atoms. The van der Waals surface area contributed by atoms with Gasteiger partial charge in [0, 0.05) is 18.7 Å². The van der Waals surface area contributed by atoms with Gasteiger partial charge < -0.3 is 16.2 Å². The molecule has 4 N–H and O–H groups in total. The molecule has 0 heterocycles. The first-order valence-electron chi connectivity index (χ1n) is 3.94. The first-order chi connectivity index (χ1) is 6.07. The minimum atomic E-state index is -0.947. The van der Waals surface area contributed by atoms with Crippen LogP contribution in [0.2, 0.25) is 0 Å². The number of carboxylic acid groups (broad SMARTS) is 1. The maximum Gasteiger partial charge on any atom is 0.303 e. The second-order valence-corrected chi connectivity index (χ2v) is 3.00. The molecule has 0 aromatic rings. The molecule has 0 aliphatic rings. The van der Waals surface area contributed by atoms with E-state index in [1.165, 1.54) is 0 Å². The second kappa shape index (κ2) is 6.73. The molecule has 0 aromatic heterocycles. The van der Waals surface area contributed by atoms with Gasteiger partial charge in [-0.2, -0.15) is 12.6 Å². The maximum atomic E-state index is 11.1. The number of thiol groups is 1. The van der Waals surface area contributed by atoms with E-state index in [1.54, 1.807) is 0 Å². The van der Waals surface area contributed by atoms with E-state index >= 15 is 0 Å². The summed E-state index contributed by atoms with van der Waals surface area (Å²) >= 11 is 3.90. The average Bonchev–Trinajstić information content (AvgIpc) is 2.10. The fourth-order valence-corrected chi connectivity index (χ4v) is 0.832. The summed E-state index contributed by atoms with van der Waals surface area (Å²) in [5.74, 6) is -0.732. The smallest absolute Gasteiger partial charge is 0.303 e. The molecular formula is C7H14N2O3S. The number of nitrogens with one attached hydrogen (secondary N) is 1. The number of carbonyl (C=O) groups is 2. The number of carbonyl (C=O) groups excluding carboxylic acids is 1. The fraction of sp³-hybridized carbons (Fsp3) is 0.714. The normalized spacial score (nSPS) is 12.2. The summed E-state index contributed by atoms with van der Waals surface area (Å²) in [6.07, 6.45) is 0.0726. The molecule has 1 atom stereocenters. The minimum Gasteiger partial charge on any atom is -0.481 e. The highest BCUT2D eigenvalue weighted by molar-refractivity contribution is 7.80. The van der Waals surface area contributed by atoms with E-state index in [0.717, 1.165) is 0 Å². The average molecular weight is 206 g/mol. The SMILES string of the molecule is N[C@@H](CCC(=O)O)C(=O)NCCS. The first-order valence-corrected chi connectivity index (χ1v) is 4.57. The largest absolute Gasteiger partial charge is 0.481 e. The number of carboxylic acids is 1. The Balaban J connectivity index is 3.62. The second-order valence-electron chi connectivity index (χ2n) is 2.55. The van der Waals surface area contributed by atoms with Crippen LogP contribution in [0.25, 0.3) is 0 Å². The van der Waals surface area contributed by atoms with Gasteiger partial charge in [-0.05, 0) is 6.42 Å². The Kier molecular flexibility index (Phi) is 6.34. The molecule has 0 aliphatic carbocycles. The predicted octanol–water partition coefficient (Wildman–Crippen LogP) is -0.775. The molecule has 0 fully saturated rings. The van der Waals surface area contributed by atoms with Crippen LogP contribution in [-0.4, -0.2) is 35.3 Å². The molecular weight excluding hydrogens is 192 g/mol. The van der Waals surface area contributed by atoms with E-state index in [0.29, 0.717) is 12.3 Å². The fourth-order valence-electron chi connectivity index (χ4n) is 0.720. The van der Waals surface area contributed by atoms with Crippen LogP contribution in [0, 0.1) is 0 Å². The summed E-state index contributed by atoms with van der Waals surface area (Å²) in [6.45, 7) is 0.447. The van der Waals surface area contributed by atoms with Crippen molar-refractivity contribution in [2.75, 3.05) is 12.3 Å². The van der Waals surface area contributed by atoms with Gasteiger partial charge in [-0.25, -0.2) is 0 Å². The third-order valence-electron chi connectivity index (χ3n) is 1.42. The molecule has 0 rings (SSSR count). The van der Waals surface area contributed by atoms with Crippen molar-refractivity contribution in [3.8, 4) is 0 Å². The van der Waals surface area contributed by atoms with Gasteiger partial charge in [0.1, 0.15) is 0 Å². The zero-order valence-electron chi connectivity index (χ0n) is 7.19. The van der Waals surface area contributed by atoms with Crippen molar-refractivity contribution in [1.82, 2.24) is 5.32 Å². The van der Waals surface area contributed by atoms with Gasteiger partial charge in [-0.3, -0.25) is 9.59 Å². The molecule has 0 saturated heterocycles. The number of rotatable bonds is 6. The summed E-state index contributed by atoms with van der Waals surface area (Å²) < 4.78 is 0.